The smallest absolute Gasteiger partial charge is 0.262 e. The summed E-state index contributed by atoms with van der Waals surface area (Å²) in [5, 5.41) is 2.80. The highest BCUT2D eigenvalue weighted by Gasteiger charge is 2.20. The third-order valence-electron chi connectivity index (χ3n) is 4.80. The molecule has 1 heterocycles. The number of hydrogen-bond acceptors (Lipinski definition) is 6. The number of anilines is 2. The van der Waals surface area contributed by atoms with Gasteiger partial charge in [-0.3, -0.25) is 9.52 Å². The molecule has 0 fully saturated rings. The van der Waals surface area contributed by atoms with Gasteiger partial charge in [0.25, 0.3) is 15.9 Å². The highest BCUT2D eigenvalue weighted by Crippen LogP contribution is 2.33. The number of rotatable bonds is 6. The third kappa shape index (κ3) is 4.62. The first-order valence-electron chi connectivity index (χ1n) is 9.84. The van der Waals surface area contributed by atoms with Crippen molar-refractivity contribution in [3.8, 4) is 17.2 Å². The van der Waals surface area contributed by atoms with Crippen molar-refractivity contribution in [3.63, 3.8) is 0 Å². The number of methoxy groups -OCH3 is 1. The molecule has 1 amide bonds. The van der Waals surface area contributed by atoms with Crippen LogP contribution in [0.25, 0.3) is 0 Å². The van der Waals surface area contributed by atoms with Crippen LogP contribution in [0.15, 0.2) is 65.6 Å². The SMILES string of the molecule is COc1ccc(C)cc1NC(=O)c1cccc(NS(=O)(=O)c2ccc3c(c2)OCCO3)c1. The Labute approximate surface area is 186 Å². The minimum atomic E-state index is -3.90. The van der Waals surface area contributed by atoms with E-state index in [1.54, 1.807) is 36.4 Å². The summed E-state index contributed by atoms with van der Waals surface area (Å²) in [5.74, 6) is 1.01. The Morgan fingerprint density at radius 1 is 0.969 bits per heavy atom. The van der Waals surface area contributed by atoms with Crippen molar-refractivity contribution in [1.82, 2.24) is 0 Å². The fraction of sp³-hybridized carbons (Fsp3) is 0.174. The number of hydrogen-bond donors (Lipinski definition) is 2. The van der Waals surface area contributed by atoms with Gasteiger partial charge in [0, 0.05) is 17.3 Å². The first-order valence-corrected chi connectivity index (χ1v) is 11.3. The van der Waals surface area contributed by atoms with Crippen molar-refractivity contribution in [2.45, 2.75) is 11.8 Å². The first-order chi connectivity index (χ1) is 15.4. The van der Waals surface area contributed by atoms with Crippen LogP contribution < -0.4 is 24.2 Å². The highest BCUT2D eigenvalue weighted by atomic mass is 32.2. The minimum absolute atomic E-state index is 0.0288. The number of fused-ring (bicyclic) bond motifs is 1. The van der Waals surface area contributed by atoms with E-state index in [0.717, 1.165) is 5.56 Å². The number of carbonyl (C=O) groups excluding carboxylic acids is 1. The number of ether oxygens (including phenoxy) is 3. The minimum Gasteiger partial charge on any atom is -0.495 e. The van der Waals surface area contributed by atoms with E-state index in [2.05, 4.69) is 10.0 Å². The van der Waals surface area contributed by atoms with Gasteiger partial charge in [-0.2, -0.15) is 0 Å². The molecular weight excluding hydrogens is 432 g/mol. The molecule has 8 nitrogen and oxygen atoms in total. The van der Waals surface area contributed by atoms with E-state index in [1.807, 2.05) is 13.0 Å². The van der Waals surface area contributed by atoms with Crippen LogP contribution >= 0.6 is 0 Å². The van der Waals surface area contributed by atoms with Crippen LogP contribution in [0.3, 0.4) is 0 Å². The van der Waals surface area contributed by atoms with Crippen molar-refractivity contribution in [3.05, 3.63) is 71.8 Å². The molecule has 0 unspecified atom stereocenters. The lowest BCUT2D eigenvalue weighted by Crippen LogP contribution is -2.18. The number of nitrogens with one attached hydrogen (secondary N) is 2. The molecule has 0 aliphatic carbocycles. The molecule has 0 radical (unpaired) electrons. The van der Waals surface area contributed by atoms with Crippen molar-refractivity contribution in [1.29, 1.82) is 0 Å². The van der Waals surface area contributed by atoms with Crippen LogP contribution in [0.5, 0.6) is 17.2 Å². The average molecular weight is 455 g/mol. The standard InChI is InChI=1S/C23H22N2O6S/c1-15-6-8-20(29-2)19(12-15)24-23(26)16-4-3-5-17(13-16)25-32(27,28)18-7-9-21-22(14-18)31-11-10-30-21/h3-9,12-14,25H,10-11H2,1-2H3,(H,24,26). The maximum Gasteiger partial charge on any atom is 0.262 e. The second kappa shape index (κ2) is 8.80. The molecule has 1 aliphatic rings. The molecular formula is C23H22N2O6S. The van der Waals surface area contributed by atoms with E-state index in [0.29, 0.717) is 36.1 Å². The van der Waals surface area contributed by atoms with Gasteiger partial charge in [-0.25, -0.2) is 8.42 Å². The quantitative estimate of drug-likeness (QED) is 0.587. The maximum atomic E-state index is 12.9. The molecule has 0 spiro atoms. The number of carbonyl (C=O) groups is 1. The summed E-state index contributed by atoms with van der Waals surface area (Å²) in [6, 6.07) is 16.1. The molecule has 3 aromatic carbocycles. The van der Waals surface area contributed by atoms with E-state index in [4.69, 9.17) is 14.2 Å². The average Bonchev–Trinajstić information content (AvgIpc) is 2.79. The molecule has 0 atom stereocenters. The molecule has 32 heavy (non-hydrogen) atoms. The molecule has 2 N–H and O–H groups in total. The lowest BCUT2D eigenvalue weighted by atomic mass is 10.1. The Balaban J connectivity index is 1.54. The second-order valence-corrected chi connectivity index (χ2v) is 8.83. The number of sulfonamides is 1. The lowest BCUT2D eigenvalue weighted by Gasteiger charge is -2.19. The zero-order valence-electron chi connectivity index (χ0n) is 17.5. The zero-order valence-corrected chi connectivity index (χ0v) is 18.4. The maximum absolute atomic E-state index is 12.9. The molecule has 3 aromatic rings. The van der Waals surface area contributed by atoms with Crippen molar-refractivity contribution < 1.29 is 27.4 Å². The Hall–Kier alpha value is -3.72. The molecule has 0 saturated carbocycles. The van der Waals surface area contributed by atoms with E-state index in [9.17, 15) is 13.2 Å². The molecule has 0 aromatic heterocycles. The van der Waals surface area contributed by atoms with E-state index >= 15 is 0 Å². The molecule has 4 rings (SSSR count). The molecule has 0 bridgehead atoms. The van der Waals surface area contributed by atoms with Gasteiger partial charge >= 0.3 is 0 Å². The van der Waals surface area contributed by atoms with Crippen LogP contribution in [0.2, 0.25) is 0 Å². The Morgan fingerprint density at radius 2 is 1.75 bits per heavy atom. The fourth-order valence-electron chi connectivity index (χ4n) is 3.24. The van der Waals surface area contributed by atoms with Gasteiger partial charge in [-0.1, -0.05) is 12.1 Å². The van der Waals surface area contributed by atoms with E-state index in [-0.39, 0.29) is 16.1 Å². The number of amides is 1. The van der Waals surface area contributed by atoms with Gasteiger partial charge in [0.15, 0.2) is 11.5 Å². The van der Waals surface area contributed by atoms with Crippen molar-refractivity contribution in [2.24, 2.45) is 0 Å². The zero-order chi connectivity index (χ0) is 22.7. The largest absolute Gasteiger partial charge is 0.495 e. The summed E-state index contributed by atoms with van der Waals surface area (Å²) in [5.41, 5.74) is 2.03. The van der Waals surface area contributed by atoms with E-state index in [1.165, 1.54) is 25.3 Å². The van der Waals surface area contributed by atoms with E-state index < -0.39 is 15.9 Å². The second-order valence-electron chi connectivity index (χ2n) is 7.15. The van der Waals surface area contributed by atoms with Gasteiger partial charge in [-0.05, 0) is 55.0 Å². The molecule has 0 saturated heterocycles. The summed E-state index contributed by atoms with van der Waals surface area (Å²) in [4.78, 5) is 12.8. The Morgan fingerprint density at radius 3 is 2.53 bits per heavy atom. The monoisotopic (exact) mass is 454 g/mol. The van der Waals surface area contributed by atoms with Crippen LogP contribution in [-0.4, -0.2) is 34.6 Å². The van der Waals surface area contributed by atoms with Crippen molar-refractivity contribution in [2.75, 3.05) is 30.4 Å². The van der Waals surface area contributed by atoms with Gasteiger partial charge < -0.3 is 19.5 Å². The van der Waals surface area contributed by atoms with Gasteiger partial charge in [0.2, 0.25) is 0 Å². The molecule has 166 valence electrons. The highest BCUT2D eigenvalue weighted by molar-refractivity contribution is 7.92. The summed E-state index contributed by atoms with van der Waals surface area (Å²) in [7, 11) is -2.38. The molecule has 1 aliphatic heterocycles. The summed E-state index contributed by atoms with van der Waals surface area (Å²) >= 11 is 0. The van der Waals surface area contributed by atoms with Crippen LogP contribution in [0.4, 0.5) is 11.4 Å². The first kappa shape index (κ1) is 21.5. The van der Waals surface area contributed by atoms with Gasteiger partial charge in [0.05, 0.1) is 17.7 Å². The van der Waals surface area contributed by atoms with Gasteiger partial charge in [0.1, 0.15) is 19.0 Å². The summed E-state index contributed by atoms with van der Waals surface area (Å²) in [6.07, 6.45) is 0. The summed E-state index contributed by atoms with van der Waals surface area (Å²) < 4.78 is 44.4. The lowest BCUT2D eigenvalue weighted by molar-refractivity contribution is 0.102. The van der Waals surface area contributed by atoms with Crippen LogP contribution in [0.1, 0.15) is 15.9 Å². The van der Waals surface area contributed by atoms with Gasteiger partial charge in [-0.15, -0.1) is 0 Å². The topological polar surface area (TPSA) is 103 Å². The predicted molar refractivity (Wildman–Crippen MR) is 120 cm³/mol. The molecule has 9 heteroatoms. The normalized spacial score (nSPS) is 12.7. The van der Waals surface area contributed by atoms with Crippen LogP contribution in [-0.2, 0) is 10.0 Å². The van der Waals surface area contributed by atoms with Crippen molar-refractivity contribution >= 4 is 27.3 Å². The number of benzene rings is 3. The Bertz CT molecular complexity index is 1270. The summed E-state index contributed by atoms with van der Waals surface area (Å²) in [6.45, 7) is 2.68. The van der Waals surface area contributed by atoms with Crippen LogP contribution in [0, 0.1) is 6.92 Å². The Kier molecular flexibility index (Phi) is 5.91. The third-order valence-corrected chi connectivity index (χ3v) is 6.18. The predicted octanol–water partition coefficient (Wildman–Crippen LogP) is 3.83. The number of aryl methyl sites for hydroxylation is 1. The fourth-order valence-corrected chi connectivity index (χ4v) is 4.31.